The molecule has 0 unspecified atom stereocenters. The molecule has 0 aliphatic carbocycles. The molecule has 1 heterocycles. The number of hydrogen-bond acceptors (Lipinski definition) is 3. The third kappa shape index (κ3) is 3.36. The van der Waals surface area contributed by atoms with E-state index in [1.807, 2.05) is 12.3 Å². The van der Waals surface area contributed by atoms with Gasteiger partial charge in [-0.3, -0.25) is 5.01 Å². The summed E-state index contributed by atoms with van der Waals surface area (Å²) in [4.78, 5) is 0. The molecule has 80 valence electrons. The summed E-state index contributed by atoms with van der Waals surface area (Å²) < 4.78 is 5.25. The molecule has 1 aromatic rings. The highest BCUT2D eigenvalue weighted by Gasteiger charge is 2.05. The lowest BCUT2D eigenvalue weighted by Crippen LogP contribution is -2.32. The van der Waals surface area contributed by atoms with Crippen LogP contribution in [0.15, 0.2) is 35.4 Å². The molecule has 0 radical (unpaired) electrons. The summed E-state index contributed by atoms with van der Waals surface area (Å²) >= 11 is 0. The van der Waals surface area contributed by atoms with Crippen molar-refractivity contribution in [3.8, 4) is 0 Å². The zero-order chi connectivity index (χ0) is 10.3. The van der Waals surface area contributed by atoms with E-state index < -0.39 is 0 Å². The largest absolute Gasteiger partial charge is 0.378 e. The van der Waals surface area contributed by atoms with E-state index in [1.54, 1.807) is 0 Å². The molecule has 0 saturated carbocycles. The topological polar surface area (TPSA) is 24.8 Å². The molecule has 1 aromatic carbocycles. The van der Waals surface area contributed by atoms with Crippen LogP contribution in [-0.2, 0) is 11.2 Å². The van der Waals surface area contributed by atoms with Crippen LogP contribution in [0.3, 0.4) is 0 Å². The van der Waals surface area contributed by atoms with Gasteiger partial charge in [0, 0.05) is 12.6 Å². The second-order valence-corrected chi connectivity index (χ2v) is 3.55. The third-order valence-electron chi connectivity index (χ3n) is 2.40. The summed E-state index contributed by atoms with van der Waals surface area (Å²) in [5.74, 6) is 0. The molecule has 3 heteroatoms. The molecule has 0 spiro atoms. The number of rotatable bonds is 3. The van der Waals surface area contributed by atoms with Gasteiger partial charge in [0.25, 0.3) is 0 Å². The molecule has 0 atom stereocenters. The smallest absolute Gasteiger partial charge is 0.0659 e. The normalized spacial score (nSPS) is 17.2. The van der Waals surface area contributed by atoms with Gasteiger partial charge in [-0.05, 0) is 5.56 Å². The van der Waals surface area contributed by atoms with Crippen LogP contribution in [0, 0.1) is 0 Å². The average Bonchev–Trinajstić information content (AvgIpc) is 2.32. The molecule has 0 bridgehead atoms. The zero-order valence-corrected chi connectivity index (χ0v) is 8.80. The van der Waals surface area contributed by atoms with E-state index in [-0.39, 0.29) is 0 Å². The van der Waals surface area contributed by atoms with Gasteiger partial charge in [-0.15, -0.1) is 0 Å². The molecule has 15 heavy (non-hydrogen) atoms. The number of nitrogens with zero attached hydrogens (tertiary/aromatic N) is 2. The van der Waals surface area contributed by atoms with E-state index in [0.29, 0.717) is 0 Å². The molecule has 3 nitrogen and oxygen atoms in total. The summed E-state index contributed by atoms with van der Waals surface area (Å²) in [7, 11) is 0. The van der Waals surface area contributed by atoms with Crippen molar-refractivity contribution in [1.29, 1.82) is 0 Å². The molecule has 0 amide bonds. The lowest BCUT2D eigenvalue weighted by atomic mass is 10.2. The first kappa shape index (κ1) is 10.2. The van der Waals surface area contributed by atoms with Crippen molar-refractivity contribution >= 4 is 6.21 Å². The molecule has 0 aromatic heterocycles. The van der Waals surface area contributed by atoms with Gasteiger partial charge in [0.15, 0.2) is 0 Å². The Morgan fingerprint density at radius 2 is 1.93 bits per heavy atom. The summed E-state index contributed by atoms with van der Waals surface area (Å²) in [6.07, 6.45) is 2.87. The molecular formula is C12H16N2O. The lowest BCUT2D eigenvalue weighted by molar-refractivity contribution is 0.0396. The van der Waals surface area contributed by atoms with Gasteiger partial charge in [-0.1, -0.05) is 30.3 Å². The predicted octanol–water partition coefficient (Wildman–Crippen LogP) is 1.55. The number of hydrogen-bond donors (Lipinski definition) is 0. The van der Waals surface area contributed by atoms with Crippen LogP contribution >= 0.6 is 0 Å². The van der Waals surface area contributed by atoms with Gasteiger partial charge < -0.3 is 4.74 Å². The van der Waals surface area contributed by atoms with Crippen molar-refractivity contribution in [3.05, 3.63) is 35.9 Å². The van der Waals surface area contributed by atoms with Crippen LogP contribution in [0.1, 0.15) is 5.56 Å². The second kappa shape index (κ2) is 5.51. The Morgan fingerprint density at radius 3 is 2.67 bits per heavy atom. The molecule has 1 saturated heterocycles. The van der Waals surface area contributed by atoms with Crippen LogP contribution in [0.5, 0.6) is 0 Å². The first-order valence-corrected chi connectivity index (χ1v) is 5.34. The summed E-state index contributed by atoms with van der Waals surface area (Å²) in [6, 6.07) is 10.4. The quantitative estimate of drug-likeness (QED) is 0.698. The van der Waals surface area contributed by atoms with E-state index in [4.69, 9.17) is 4.74 Å². The third-order valence-corrected chi connectivity index (χ3v) is 2.40. The van der Waals surface area contributed by atoms with Gasteiger partial charge in [-0.25, -0.2) is 0 Å². The van der Waals surface area contributed by atoms with E-state index >= 15 is 0 Å². The van der Waals surface area contributed by atoms with Crippen molar-refractivity contribution in [3.63, 3.8) is 0 Å². The molecule has 1 aliphatic rings. The lowest BCUT2D eigenvalue weighted by Gasteiger charge is -2.23. The molecule has 2 rings (SSSR count). The molecule has 0 N–H and O–H groups in total. The number of benzene rings is 1. The molecular weight excluding hydrogens is 188 g/mol. The Kier molecular flexibility index (Phi) is 3.74. The van der Waals surface area contributed by atoms with Crippen molar-refractivity contribution in [2.75, 3.05) is 26.3 Å². The van der Waals surface area contributed by atoms with E-state index in [1.165, 1.54) is 5.56 Å². The standard InChI is InChI=1S/C12H16N2O/c1-2-4-12(5-3-1)6-7-13-14-8-10-15-11-9-14/h1-5,7H,6,8-11H2/b13-7+. The maximum Gasteiger partial charge on any atom is 0.0659 e. The first-order chi connectivity index (χ1) is 7.45. The van der Waals surface area contributed by atoms with Crippen molar-refractivity contribution in [1.82, 2.24) is 5.01 Å². The Hall–Kier alpha value is -1.35. The average molecular weight is 204 g/mol. The number of morpholine rings is 1. The van der Waals surface area contributed by atoms with Gasteiger partial charge in [0.05, 0.1) is 26.3 Å². The van der Waals surface area contributed by atoms with Crippen molar-refractivity contribution in [2.24, 2.45) is 5.10 Å². The van der Waals surface area contributed by atoms with Crippen LogP contribution in [0.25, 0.3) is 0 Å². The van der Waals surface area contributed by atoms with Gasteiger partial charge >= 0.3 is 0 Å². The zero-order valence-electron chi connectivity index (χ0n) is 8.80. The number of ether oxygens (including phenoxy) is 1. The van der Waals surface area contributed by atoms with Gasteiger partial charge in [0.2, 0.25) is 0 Å². The minimum atomic E-state index is 0.794. The Morgan fingerprint density at radius 1 is 1.20 bits per heavy atom. The predicted molar refractivity (Wildman–Crippen MR) is 61.0 cm³/mol. The van der Waals surface area contributed by atoms with Crippen LogP contribution in [-0.4, -0.2) is 37.5 Å². The maximum atomic E-state index is 5.25. The fourth-order valence-corrected chi connectivity index (χ4v) is 1.54. The maximum absolute atomic E-state index is 5.25. The SMILES string of the molecule is C(/Cc1ccccc1)=N\N1CCOCC1. The van der Waals surface area contributed by atoms with E-state index in [2.05, 4.69) is 34.4 Å². The summed E-state index contributed by atoms with van der Waals surface area (Å²) in [6.45, 7) is 3.40. The first-order valence-electron chi connectivity index (χ1n) is 5.34. The highest BCUT2D eigenvalue weighted by molar-refractivity contribution is 5.61. The Balaban J connectivity index is 1.79. The molecule has 1 fully saturated rings. The van der Waals surface area contributed by atoms with E-state index in [9.17, 15) is 0 Å². The summed E-state index contributed by atoms with van der Waals surface area (Å²) in [5, 5.41) is 6.47. The second-order valence-electron chi connectivity index (χ2n) is 3.55. The van der Waals surface area contributed by atoms with Crippen LogP contribution in [0.4, 0.5) is 0 Å². The molecule has 1 aliphatic heterocycles. The van der Waals surface area contributed by atoms with Crippen LogP contribution < -0.4 is 0 Å². The Labute approximate surface area is 90.4 Å². The summed E-state index contributed by atoms with van der Waals surface area (Å²) in [5.41, 5.74) is 1.30. The monoisotopic (exact) mass is 204 g/mol. The minimum absolute atomic E-state index is 0.794. The number of hydrazone groups is 1. The van der Waals surface area contributed by atoms with Crippen LogP contribution in [0.2, 0.25) is 0 Å². The highest BCUT2D eigenvalue weighted by Crippen LogP contribution is 1.99. The van der Waals surface area contributed by atoms with E-state index in [0.717, 1.165) is 32.7 Å². The van der Waals surface area contributed by atoms with Gasteiger partial charge in [0.1, 0.15) is 0 Å². The van der Waals surface area contributed by atoms with Crippen molar-refractivity contribution < 1.29 is 4.74 Å². The fraction of sp³-hybridized carbons (Fsp3) is 0.417. The Bertz CT molecular complexity index is 305. The minimum Gasteiger partial charge on any atom is -0.378 e. The fourth-order valence-electron chi connectivity index (χ4n) is 1.54. The van der Waals surface area contributed by atoms with Crippen molar-refractivity contribution in [2.45, 2.75) is 6.42 Å². The van der Waals surface area contributed by atoms with Gasteiger partial charge in [-0.2, -0.15) is 5.10 Å². The highest BCUT2D eigenvalue weighted by atomic mass is 16.5.